The molecule has 0 saturated carbocycles. The largest absolute Gasteiger partial charge is 0.328 e. The minimum absolute atomic E-state index is 0.247. The van der Waals surface area contributed by atoms with E-state index in [0.29, 0.717) is 16.8 Å². The molecule has 0 unspecified atom stereocenters. The number of halogens is 1. The number of hydrogen-bond donors (Lipinski definition) is 2. The van der Waals surface area contributed by atoms with E-state index >= 15 is 0 Å². The van der Waals surface area contributed by atoms with Crippen LogP contribution in [0.15, 0.2) is 58.1 Å². The topological polar surface area (TPSA) is 74.8 Å². The fraction of sp³-hybridized carbons (Fsp3) is 0. The van der Waals surface area contributed by atoms with Crippen LogP contribution in [0.4, 0.5) is 5.69 Å². The van der Waals surface area contributed by atoms with Gasteiger partial charge in [-0.1, -0.05) is 12.1 Å². The fourth-order valence-corrected chi connectivity index (χ4v) is 2.33. The summed E-state index contributed by atoms with van der Waals surface area (Å²) in [6.45, 7) is 0. The number of anilines is 1. The maximum absolute atomic E-state index is 12.2. The molecule has 1 aromatic carbocycles. The third-order valence-electron chi connectivity index (χ3n) is 2.97. The first-order valence-electron chi connectivity index (χ1n) is 6.18. The van der Waals surface area contributed by atoms with E-state index in [1.54, 1.807) is 12.3 Å². The van der Waals surface area contributed by atoms with E-state index in [1.165, 1.54) is 18.3 Å². The van der Waals surface area contributed by atoms with Crippen molar-refractivity contribution in [1.29, 1.82) is 0 Å². The minimum Gasteiger partial charge on any atom is -0.328 e. The van der Waals surface area contributed by atoms with Gasteiger partial charge in [0.05, 0.1) is 16.8 Å². The molecule has 0 atom stereocenters. The van der Waals surface area contributed by atoms with Crippen LogP contribution in [-0.4, -0.2) is 15.9 Å². The van der Waals surface area contributed by atoms with Crippen LogP contribution in [0.1, 0.15) is 10.4 Å². The lowest BCUT2D eigenvalue weighted by molar-refractivity contribution is 0.102. The number of para-hydroxylation sites is 1. The number of aromatic amines is 1. The summed E-state index contributed by atoms with van der Waals surface area (Å²) in [6, 6.07) is 10.3. The Bertz CT molecular complexity index is 869. The van der Waals surface area contributed by atoms with Gasteiger partial charge in [-0.3, -0.25) is 14.6 Å². The van der Waals surface area contributed by atoms with Gasteiger partial charge in [-0.05, 0) is 34.1 Å². The average Bonchev–Trinajstić information content (AvgIpc) is 2.47. The first-order valence-corrected chi connectivity index (χ1v) is 6.97. The van der Waals surface area contributed by atoms with Crippen molar-refractivity contribution in [3.8, 4) is 0 Å². The van der Waals surface area contributed by atoms with Gasteiger partial charge in [0.1, 0.15) is 0 Å². The normalized spacial score (nSPS) is 10.5. The van der Waals surface area contributed by atoms with Crippen molar-refractivity contribution in [2.75, 3.05) is 5.32 Å². The summed E-state index contributed by atoms with van der Waals surface area (Å²) in [5.74, 6) is -0.302. The van der Waals surface area contributed by atoms with Crippen molar-refractivity contribution in [3.63, 3.8) is 0 Å². The second-order valence-electron chi connectivity index (χ2n) is 4.43. The van der Waals surface area contributed by atoms with Crippen LogP contribution in [-0.2, 0) is 0 Å². The van der Waals surface area contributed by atoms with E-state index in [9.17, 15) is 9.59 Å². The molecule has 21 heavy (non-hydrogen) atoms. The van der Waals surface area contributed by atoms with Crippen molar-refractivity contribution < 1.29 is 4.79 Å². The lowest BCUT2D eigenvalue weighted by atomic mass is 10.2. The van der Waals surface area contributed by atoms with E-state index < -0.39 is 0 Å². The van der Waals surface area contributed by atoms with Gasteiger partial charge in [-0.25, -0.2) is 0 Å². The molecule has 0 saturated heterocycles. The maximum atomic E-state index is 12.2. The molecule has 3 rings (SSSR count). The smallest absolute Gasteiger partial charge is 0.257 e. The quantitative estimate of drug-likeness (QED) is 0.751. The number of nitrogens with zero attached hydrogens (tertiary/aromatic N) is 1. The van der Waals surface area contributed by atoms with Gasteiger partial charge in [0.2, 0.25) is 5.56 Å². The standard InChI is InChI=1S/C15H10BrN3O2/c16-11-6-9-2-1-3-12(14(9)18-8-11)19-15(21)10-4-5-13(20)17-7-10/h1-8H,(H,17,20)(H,19,21). The number of aromatic nitrogens is 2. The van der Waals surface area contributed by atoms with Crippen molar-refractivity contribution >= 4 is 38.4 Å². The second kappa shape index (κ2) is 5.49. The number of pyridine rings is 2. The van der Waals surface area contributed by atoms with Gasteiger partial charge in [0.15, 0.2) is 0 Å². The summed E-state index contributed by atoms with van der Waals surface area (Å²) in [5, 5.41) is 3.72. The number of H-pyrrole nitrogens is 1. The summed E-state index contributed by atoms with van der Waals surface area (Å²) in [5.41, 5.74) is 1.46. The third kappa shape index (κ3) is 2.85. The van der Waals surface area contributed by atoms with Crippen LogP contribution in [0.2, 0.25) is 0 Å². The molecule has 3 aromatic rings. The summed E-state index contributed by atoms with van der Waals surface area (Å²) < 4.78 is 0.874. The molecule has 0 aliphatic heterocycles. The van der Waals surface area contributed by atoms with Crippen LogP contribution in [0.3, 0.4) is 0 Å². The van der Waals surface area contributed by atoms with E-state index in [0.717, 1.165) is 9.86 Å². The number of amides is 1. The van der Waals surface area contributed by atoms with Gasteiger partial charge in [0, 0.05) is 28.3 Å². The van der Waals surface area contributed by atoms with Crippen LogP contribution < -0.4 is 10.9 Å². The molecule has 6 heteroatoms. The second-order valence-corrected chi connectivity index (χ2v) is 5.34. The molecule has 2 heterocycles. The van der Waals surface area contributed by atoms with Crippen LogP contribution in [0, 0.1) is 0 Å². The van der Waals surface area contributed by atoms with Gasteiger partial charge in [-0.15, -0.1) is 0 Å². The highest BCUT2D eigenvalue weighted by molar-refractivity contribution is 9.10. The Morgan fingerprint density at radius 3 is 2.86 bits per heavy atom. The zero-order chi connectivity index (χ0) is 14.8. The predicted molar refractivity (Wildman–Crippen MR) is 84.5 cm³/mol. The van der Waals surface area contributed by atoms with Gasteiger partial charge >= 0.3 is 0 Å². The van der Waals surface area contributed by atoms with E-state index in [2.05, 4.69) is 31.2 Å². The first-order chi connectivity index (χ1) is 10.1. The summed E-state index contributed by atoms with van der Waals surface area (Å²) in [6.07, 6.45) is 3.06. The Kier molecular flexibility index (Phi) is 3.53. The molecule has 2 aromatic heterocycles. The van der Waals surface area contributed by atoms with Gasteiger partial charge in [-0.2, -0.15) is 0 Å². The van der Waals surface area contributed by atoms with Crippen molar-refractivity contribution in [3.05, 3.63) is 69.2 Å². The van der Waals surface area contributed by atoms with Gasteiger partial charge < -0.3 is 10.3 Å². The number of fused-ring (bicyclic) bond motifs is 1. The number of nitrogens with one attached hydrogen (secondary N) is 2. The fourth-order valence-electron chi connectivity index (χ4n) is 1.98. The van der Waals surface area contributed by atoms with Crippen LogP contribution in [0.25, 0.3) is 10.9 Å². The number of benzene rings is 1. The lowest BCUT2D eigenvalue weighted by Crippen LogP contribution is -2.14. The Balaban J connectivity index is 1.96. The molecular weight excluding hydrogens is 334 g/mol. The summed E-state index contributed by atoms with van der Waals surface area (Å²) in [7, 11) is 0. The number of hydrogen-bond acceptors (Lipinski definition) is 3. The molecular formula is C15H10BrN3O2. The summed E-state index contributed by atoms with van der Waals surface area (Å²) >= 11 is 3.37. The highest BCUT2D eigenvalue weighted by atomic mass is 79.9. The highest BCUT2D eigenvalue weighted by Gasteiger charge is 2.09. The molecule has 0 bridgehead atoms. The van der Waals surface area contributed by atoms with Crippen molar-refractivity contribution in [1.82, 2.24) is 9.97 Å². The molecule has 104 valence electrons. The zero-order valence-corrected chi connectivity index (χ0v) is 12.3. The average molecular weight is 344 g/mol. The monoisotopic (exact) mass is 343 g/mol. The molecule has 5 nitrogen and oxygen atoms in total. The Morgan fingerprint density at radius 1 is 1.24 bits per heavy atom. The van der Waals surface area contributed by atoms with Crippen LogP contribution >= 0.6 is 15.9 Å². The molecule has 2 N–H and O–H groups in total. The SMILES string of the molecule is O=C(Nc1cccc2cc(Br)cnc12)c1ccc(=O)[nH]c1. The van der Waals surface area contributed by atoms with Crippen molar-refractivity contribution in [2.45, 2.75) is 0 Å². The molecule has 1 amide bonds. The van der Waals surface area contributed by atoms with Crippen molar-refractivity contribution in [2.24, 2.45) is 0 Å². The number of carbonyl (C=O) groups is 1. The Morgan fingerprint density at radius 2 is 2.10 bits per heavy atom. The molecule has 0 aliphatic rings. The van der Waals surface area contributed by atoms with E-state index in [-0.39, 0.29) is 11.5 Å². The van der Waals surface area contributed by atoms with Gasteiger partial charge in [0.25, 0.3) is 5.91 Å². The highest BCUT2D eigenvalue weighted by Crippen LogP contribution is 2.24. The molecule has 0 fully saturated rings. The maximum Gasteiger partial charge on any atom is 0.257 e. The first kappa shape index (κ1) is 13.5. The minimum atomic E-state index is -0.302. The Labute approximate surface area is 128 Å². The van der Waals surface area contributed by atoms with E-state index in [1.807, 2.05) is 18.2 Å². The molecule has 0 aliphatic carbocycles. The molecule has 0 spiro atoms. The van der Waals surface area contributed by atoms with Crippen LogP contribution in [0.5, 0.6) is 0 Å². The summed E-state index contributed by atoms with van der Waals surface area (Å²) in [4.78, 5) is 30.0. The number of carbonyl (C=O) groups excluding carboxylic acids is 1. The number of rotatable bonds is 2. The Hall–Kier alpha value is -2.47. The third-order valence-corrected chi connectivity index (χ3v) is 3.41. The predicted octanol–water partition coefficient (Wildman–Crippen LogP) is 2.94. The van der Waals surface area contributed by atoms with E-state index in [4.69, 9.17) is 0 Å². The zero-order valence-electron chi connectivity index (χ0n) is 10.8. The molecule has 0 radical (unpaired) electrons. The lowest BCUT2D eigenvalue weighted by Gasteiger charge is -2.08.